The van der Waals surface area contributed by atoms with E-state index >= 15 is 0 Å². The van der Waals surface area contributed by atoms with Gasteiger partial charge in [0.25, 0.3) is 5.91 Å². The van der Waals surface area contributed by atoms with Crippen LogP contribution in [-0.2, 0) is 18.7 Å². The standard InChI is InChI=1S/C32H48N2O8Si/c1-9-15-40-30(37)34-19-22-16-23(42-43(7,8)31(3,4)5)20-33(22)29(36)24-17-26(38-6)27(18-25(24)34)41-21-32(13-14-32)12-11-28(35)39-10-2/h9,17-18,22-23H,1,10-16,19-21H2,2-8H3/t22-,23+/m0/s1. The zero-order chi connectivity index (χ0) is 31.6. The average molecular weight is 617 g/mol. The minimum atomic E-state index is -2.07. The van der Waals surface area contributed by atoms with Crippen LogP contribution in [0.4, 0.5) is 10.5 Å². The Morgan fingerprint density at radius 2 is 1.86 bits per heavy atom. The maximum absolute atomic E-state index is 14.1. The van der Waals surface area contributed by atoms with Crippen LogP contribution in [0, 0.1) is 5.41 Å². The Balaban J connectivity index is 1.61. The molecule has 2 fully saturated rings. The van der Waals surface area contributed by atoms with Gasteiger partial charge in [0.15, 0.2) is 19.8 Å². The highest BCUT2D eigenvalue weighted by molar-refractivity contribution is 6.74. The third-order valence-electron chi connectivity index (χ3n) is 9.30. The molecule has 2 aliphatic heterocycles. The lowest BCUT2D eigenvalue weighted by Gasteiger charge is -2.38. The summed E-state index contributed by atoms with van der Waals surface area (Å²) in [6.07, 6.45) is 4.38. The monoisotopic (exact) mass is 616 g/mol. The van der Waals surface area contributed by atoms with Gasteiger partial charge in [-0.1, -0.05) is 33.4 Å². The summed E-state index contributed by atoms with van der Waals surface area (Å²) >= 11 is 0. The van der Waals surface area contributed by atoms with Gasteiger partial charge in [-0.3, -0.25) is 14.5 Å². The molecule has 1 aliphatic carbocycles. The van der Waals surface area contributed by atoms with Crippen LogP contribution in [0.3, 0.4) is 0 Å². The number of hydrogen-bond acceptors (Lipinski definition) is 8. The van der Waals surface area contributed by atoms with Crippen molar-refractivity contribution in [1.82, 2.24) is 4.90 Å². The van der Waals surface area contributed by atoms with Gasteiger partial charge < -0.3 is 28.3 Å². The molecule has 238 valence electrons. The molecule has 0 N–H and O–H groups in total. The molecule has 3 aliphatic rings. The fraction of sp³-hybridized carbons (Fsp3) is 0.656. The number of hydrogen-bond donors (Lipinski definition) is 0. The van der Waals surface area contributed by atoms with E-state index < -0.39 is 14.4 Å². The quantitative estimate of drug-likeness (QED) is 0.161. The number of amides is 2. The molecule has 0 spiro atoms. The normalized spacial score (nSPS) is 21.0. The molecular weight excluding hydrogens is 568 g/mol. The Kier molecular flexibility index (Phi) is 9.85. The minimum Gasteiger partial charge on any atom is -0.493 e. The van der Waals surface area contributed by atoms with E-state index in [-0.39, 0.29) is 47.6 Å². The second-order valence-corrected chi connectivity index (χ2v) is 18.2. The van der Waals surface area contributed by atoms with Crippen molar-refractivity contribution < 1.29 is 37.8 Å². The van der Waals surface area contributed by atoms with Crippen LogP contribution < -0.4 is 14.4 Å². The highest BCUT2D eigenvalue weighted by Gasteiger charge is 2.47. The van der Waals surface area contributed by atoms with E-state index in [4.69, 9.17) is 23.4 Å². The molecule has 1 saturated heterocycles. The van der Waals surface area contributed by atoms with Crippen molar-refractivity contribution in [3.8, 4) is 11.5 Å². The van der Waals surface area contributed by atoms with Gasteiger partial charge in [0, 0.05) is 31.0 Å². The van der Waals surface area contributed by atoms with E-state index in [0.717, 1.165) is 12.8 Å². The maximum atomic E-state index is 14.1. The van der Waals surface area contributed by atoms with E-state index in [2.05, 4.69) is 40.4 Å². The predicted octanol–water partition coefficient (Wildman–Crippen LogP) is 5.95. The van der Waals surface area contributed by atoms with E-state index in [1.54, 1.807) is 19.1 Å². The van der Waals surface area contributed by atoms with Crippen LogP contribution in [0.1, 0.15) is 70.2 Å². The fourth-order valence-electron chi connectivity index (χ4n) is 5.51. The number of anilines is 1. The molecule has 0 unspecified atom stereocenters. The maximum Gasteiger partial charge on any atom is 0.414 e. The van der Waals surface area contributed by atoms with Gasteiger partial charge in [-0.2, -0.15) is 0 Å². The lowest BCUT2D eigenvalue weighted by atomic mass is 10.0. The Hall–Kier alpha value is -3.05. The van der Waals surface area contributed by atoms with Gasteiger partial charge >= 0.3 is 12.1 Å². The Morgan fingerprint density at radius 3 is 2.47 bits per heavy atom. The fourth-order valence-corrected chi connectivity index (χ4v) is 6.87. The predicted molar refractivity (Wildman–Crippen MR) is 166 cm³/mol. The molecule has 1 aromatic rings. The van der Waals surface area contributed by atoms with Crippen molar-refractivity contribution in [1.29, 1.82) is 0 Å². The van der Waals surface area contributed by atoms with E-state index in [9.17, 15) is 14.4 Å². The Labute approximate surface area is 256 Å². The summed E-state index contributed by atoms with van der Waals surface area (Å²) in [4.78, 5) is 42.7. The first-order valence-corrected chi connectivity index (χ1v) is 18.2. The summed E-state index contributed by atoms with van der Waals surface area (Å²) in [6.45, 7) is 18.0. The van der Waals surface area contributed by atoms with E-state index in [1.807, 2.05) is 4.90 Å². The SMILES string of the molecule is C=CCOC(=O)N1C[C@@H]2C[C@@H](O[Si](C)(C)C(C)(C)C)CN2C(=O)c2cc(OC)c(OCC3(CCC(=O)OCC)CC3)cc21. The zero-order valence-corrected chi connectivity index (χ0v) is 27.8. The van der Waals surface area contributed by atoms with E-state index in [1.165, 1.54) is 18.1 Å². The molecule has 11 heteroatoms. The Morgan fingerprint density at radius 1 is 1.14 bits per heavy atom. The summed E-state index contributed by atoms with van der Waals surface area (Å²) in [5, 5.41) is 0.0335. The summed E-state index contributed by atoms with van der Waals surface area (Å²) in [7, 11) is -0.543. The van der Waals surface area contributed by atoms with Crippen molar-refractivity contribution in [2.75, 3.05) is 44.9 Å². The lowest BCUT2D eigenvalue weighted by Crippen LogP contribution is -2.44. The number of carbonyl (C=O) groups is 3. The van der Waals surface area contributed by atoms with Crippen LogP contribution >= 0.6 is 0 Å². The number of ether oxygens (including phenoxy) is 4. The molecule has 1 aromatic carbocycles. The third-order valence-corrected chi connectivity index (χ3v) is 13.8. The smallest absolute Gasteiger partial charge is 0.414 e. The highest BCUT2D eigenvalue weighted by atomic mass is 28.4. The lowest BCUT2D eigenvalue weighted by molar-refractivity contribution is -0.143. The third kappa shape index (κ3) is 7.37. The van der Waals surface area contributed by atoms with Crippen molar-refractivity contribution >= 4 is 32.0 Å². The molecular formula is C32H48N2O8Si. The number of rotatable bonds is 12. The first-order chi connectivity index (χ1) is 20.2. The van der Waals surface area contributed by atoms with Crippen molar-refractivity contribution in [3.63, 3.8) is 0 Å². The van der Waals surface area contributed by atoms with Gasteiger partial charge in [0.2, 0.25) is 0 Å². The summed E-state index contributed by atoms with van der Waals surface area (Å²) < 4.78 is 29.2. The molecule has 0 bridgehead atoms. The van der Waals surface area contributed by atoms with Crippen LogP contribution in [-0.4, -0.2) is 83.4 Å². The molecule has 10 nitrogen and oxygen atoms in total. The van der Waals surface area contributed by atoms with Crippen molar-refractivity contribution in [3.05, 3.63) is 30.4 Å². The summed E-state index contributed by atoms with van der Waals surface area (Å²) in [5.74, 6) is 0.443. The topological polar surface area (TPSA) is 104 Å². The summed E-state index contributed by atoms with van der Waals surface area (Å²) in [5.41, 5.74) is 0.659. The number of fused-ring (bicyclic) bond motifs is 2. The highest BCUT2D eigenvalue weighted by Crippen LogP contribution is 2.51. The van der Waals surface area contributed by atoms with Crippen molar-refractivity contribution in [2.24, 2.45) is 5.41 Å². The number of methoxy groups -OCH3 is 1. The first kappa shape index (κ1) is 32.9. The molecule has 2 heterocycles. The van der Waals surface area contributed by atoms with Gasteiger partial charge in [-0.15, -0.1) is 0 Å². The van der Waals surface area contributed by atoms with Crippen LogP contribution in [0.15, 0.2) is 24.8 Å². The van der Waals surface area contributed by atoms with E-state index in [0.29, 0.717) is 61.8 Å². The van der Waals surface area contributed by atoms with Gasteiger partial charge in [-0.05, 0) is 56.8 Å². The number of carbonyl (C=O) groups excluding carboxylic acids is 3. The number of esters is 1. The molecule has 1 saturated carbocycles. The van der Waals surface area contributed by atoms with Crippen LogP contribution in [0.25, 0.3) is 0 Å². The average Bonchev–Trinajstić information content (AvgIpc) is 3.64. The largest absolute Gasteiger partial charge is 0.493 e. The second-order valence-electron chi connectivity index (χ2n) is 13.4. The number of nitrogens with zero attached hydrogens (tertiary/aromatic N) is 2. The van der Waals surface area contributed by atoms with Gasteiger partial charge in [0.1, 0.15) is 6.61 Å². The summed E-state index contributed by atoms with van der Waals surface area (Å²) in [6, 6.07) is 3.12. The van der Waals surface area contributed by atoms with Crippen molar-refractivity contribution in [2.45, 2.75) is 90.1 Å². The first-order valence-electron chi connectivity index (χ1n) is 15.3. The molecule has 0 radical (unpaired) electrons. The van der Waals surface area contributed by atoms with Gasteiger partial charge in [0.05, 0.1) is 43.7 Å². The molecule has 43 heavy (non-hydrogen) atoms. The molecule has 4 rings (SSSR count). The molecule has 0 aromatic heterocycles. The van der Waals surface area contributed by atoms with Gasteiger partial charge in [-0.25, -0.2) is 4.79 Å². The number of benzene rings is 1. The Bertz CT molecular complexity index is 1220. The molecule has 2 atom stereocenters. The minimum absolute atomic E-state index is 0.0335. The second kappa shape index (κ2) is 12.9. The van der Waals surface area contributed by atoms with Crippen LogP contribution in [0.2, 0.25) is 18.1 Å². The zero-order valence-electron chi connectivity index (χ0n) is 26.8. The molecule has 2 amide bonds. The van der Waals surface area contributed by atoms with Crippen LogP contribution in [0.5, 0.6) is 11.5 Å².